The Balaban J connectivity index is 0.00000529. The van der Waals surface area contributed by atoms with Crippen molar-refractivity contribution in [2.45, 2.75) is 38.2 Å². The molecule has 0 saturated heterocycles. The number of methoxy groups -OCH3 is 1. The maximum Gasteiger partial charge on any atom is 0.416 e. The van der Waals surface area contributed by atoms with Crippen molar-refractivity contribution in [3.05, 3.63) is 29.8 Å². The fourth-order valence-electron chi connectivity index (χ4n) is 2.03. The molecule has 0 aliphatic carbocycles. The predicted octanol–water partition coefficient (Wildman–Crippen LogP) is 2.18. The van der Waals surface area contributed by atoms with Gasteiger partial charge in [0.2, 0.25) is 5.91 Å². The smallest absolute Gasteiger partial charge is 0.416 e. The molecule has 0 aromatic heterocycles. The summed E-state index contributed by atoms with van der Waals surface area (Å²) in [7, 11) is 1.48. The first-order chi connectivity index (χ1) is 10.6. The van der Waals surface area contributed by atoms with Crippen LogP contribution in [0.3, 0.4) is 0 Å². The standard InChI is InChI=1S/C15H21F3N2O3.ClH/c1-8(2)12(13(21)15(16,17)18)20-14(22)11(19)9-4-6-10(23-3)7-5-9;/h4-8,11-13,21H,19H2,1-3H3,(H,20,22);1H/t11?,12-,13-;/m0./s1. The van der Waals surface area contributed by atoms with E-state index in [4.69, 9.17) is 10.5 Å². The molecule has 3 atom stereocenters. The molecule has 1 unspecified atom stereocenters. The van der Waals surface area contributed by atoms with E-state index in [0.29, 0.717) is 11.3 Å². The average Bonchev–Trinajstić information content (AvgIpc) is 2.49. The summed E-state index contributed by atoms with van der Waals surface area (Å²) < 4.78 is 43.0. The lowest BCUT2D eigenvalue weighted by Gasteiger charge is -2.29. The predicted molar refractivity (Wildman–Crippen MR) is 86.0 cm³/mol. The molecule has 24 heavy (non-hydrogen) atoms. The summed E-state index contributed by atoms with van der Waals surface area (Å²) in [5.41, 5.74) is 6.20. The van der Waals surface area contributed by atoms with E-state index in [2.05, 4.69) is 5.32 Å². The summed E-state index contributed by atoms with van der Waals surface area (Å²) in [6.45, 7) is 2.94. The van der Waals surface area contributed by atoms with Gasteiger partial charge in [-0.2, -0.15) is 13.2 Å². The van der Waals surface area contributed by atoms with Crippen molar-refractivity contribution in [1.82, 2.24) is 5.32 Å². The highest BCUT2D eigenvalue weighted by molar-refractivity contribution is 5.85. The Hall–Kier alpha value is -1.51. The van der Waals surface area contributed by atoms with Gasteiger partial charge in [0.1, 0.15) is 11.8 Å². The minimum absolute atomic E-state index is 0. The molecule has 0 bridgehead atoms. The molecule has 5 nitrogen and oxygen atoms in total. The van der Waals surface area contributed by atoms with Crippen LogP contribution in [0.2, 0.25) is 0 Å². The van der Waals surface area contributed by atoms with Crippen LogP contribution in [0.15, 0.2) is 24.3 Å². The van der Waals surface area contributed by atoms with Crippen LogP contribution in [0, 0.1) is 5.92 Å². The molecule has 9 heteroatoms. The van der Waals surface area contributed by atoms with Gasteiger partial charge in [0.15, 0.2) is 6.10 Å². The second kappa shape index (κ2) is 9.10. The van der Waals surface area contributed by atoms with Gasteiger partial charge in [0, 0.05) is 0 Å². The van der Waals surface area contributed by atoms with E-state index in [0.717, 1.165) is 0 Å². The lowest BCUT2D eigenvalue weighted by Crippen LogP contribution is -2.54. The summed E-state index contributed by atoms with van der Waals surface area (Å²) in [6.07, 6.45) is -7.48. The molecule has 0 heterocycles. The first-order valence-electron chi connectivity index (χ1n) is 7.02. The van der Waals surface area contributed by atoms with Gasteiger partial charge < -0.3 is 20.9 Å². The zero-order valence-corrected chi connectivity index (χ0v) is 14.3. The van der Waals surface area contributed by atoms with Crippen molar-refractivity contribution >= 4 is 18.3 Å². The number of carbonyl (C=O) groups excluding carboxylic acids is 1. The maximum atomic E-state index is 12.7. The van der Waals surface area contributed by atoms with Crippen LogP contribution in [0.1, 0.15) is 25.5 Å². The summed E-state index contributed by atoms with van der Waals surface area (Å²) in [6, 6.07) is 3.65. The Morgan fingerprint density at radius 1 is 1.25 bits per heavy atom. The largest absolute Gasteiger partial charge is 0.497 e. The first kappa shape index (κ1) is 22.5. The number of hydrogen-bond acceptors (Lipinski definition) is 4. The van der Waals surface area contributed by atoms with Gasteiger partial charge in [-0.25, -0.2) is 0 Å². The number of benzene rings is 1. The Morgan fingerprint density at radius 3 is 2.12 bits per heavy atom. The first-order valence-corrected chi connectivity index (χ1v) is 7.02. The number of carbonyl (C=O) groups is 1. The molecule has 1 rings (SSSR count). The highest BCUT2D eigenvalue weighted by Crippen LogP contribution is 2.26. The van der Waals surface area contributed by atoms with Crippen LogP contribution >= 0.6 is 12.4 Å². The number of amides is 1. The normalized spacial score (nSPS) is 15.2. The van der Waals surface area contributed by atoms with E-state index < -0.39 is 36.2 Å². The fraction of sp³-hybridized carbons (Fsp3) is 0.533. The molecule has 138 valence electrons. The lowest BCUT2D eigenvalue weighted by molar-refractivity contribution is -0.215. The van der Waals surface area contributed by atoms with Gasteiger partial charge in [-0.1, -0.05) is 26.0 Å². The third kappa shape index (κ3) is 5.85. The van der Waals surface area contributed by atoms with Crippen LogP contribution in [0.25, 0.3) is 0 Å². The summed E-state index contributed by atoms with van der Waals surface area (Å²) in [5.74, 6) is -0.857. The summed E-state index contributed by atoms with van der Waals surface area (Å²) in [5, 5.41) is 11.6. The lowest BCUT2D eigenvalue weighted by atomic mass is 9.97. The van der Waals surface area contributed by atoms with Crippen molar-refractivity contribution in [1.29, 1.82) is 0 Å². The minimum atomic E-state index is -4.83. The Kier molecular flexibility index (Phi) is 8.53. The topological polar surface area (TPSA) is 84.6 Å². The quantitative estimate of drug-likeness (QED) is 0.716. The average molecular weight is 371 g/mol. The Morgan fingerprint density at radius 2 is 1.75 bits per heavy atom. The van der Waals surface area contributed by atoms with Crippen LogP contribution in [0.5, 0.6) is 5.75 Å². The molecular formula is C15H22ClF3N2O3. The third-order valence-corrected chi connectivity index (χ3v) is 3.46. The highest BCUT2D eigenvalue weighted by Gasteiger charge is 2.45. The number of halogens is 4. The van der Waals surface area contributed by atoms with Gasteiger partial charge >= 0.3 is 6.18 Å². The zero-order valence-electron chi connectivity index (χ0n) is 13.5. The molecular weight excluding hydrogens is 349 g/mol. The van der Waals surface area contributed by atoms with Crippen molar-refractivity contribution in [2.24, 2.45) is 11.7 Å². The van der Waals surface area contributed by atoms with E-state index in [1.165, 1.54) is 21.0 Å². The molecule has 0 saturated carbocycles. The number of aliphatic hydroxyl groups is 1. The fourth-order valence-corrected chi connectivity index (χ4v) is 2.03. The molecule has 0 fully saturated rings. The van der Waals surface area contributed by atoms with E-state index in [-0.39, 0.29) is 12.4 Å². The molecule has 4 N–H and O–H groups in total. The molecule has 0 aliphatic heterocycles. The number of nitrogens with two attached hydrogens (primary N) is 1. The second-order valence-electron chi connectivity index (χ2n) is 5.52. The molecule has 0 spiro atoms. The van der Waals surface area contributed by atoms with Crippen LogP contribution < -0.4 is 15.8 Å². The third-order valence-electron chi connectivity index (χ3n) is 3.46. The number of ether oxygens (including phenoxy) is 1. The molecule has 0 radical (unpaired) electrons. The van der Waals surface area contributed by atoms with Gasteiger partial charge in [0.25, 0.3) is 0 Å². The van der Waals surface area contributed by atoms with Crippen molar-refractivity contribution < 1.29 is 27.8 Å². The van der Waals surface area contributed by atoms with Gasteiger partial charge in [-0.15, -0.1) is 12.4 Å². The Labute approximate surface area is 144 Å². The number of hydrogen-bond donors (Lipinski definition) is 3. The van der Waals surface area contributed by atoms with Gasteiger partial charge in [0.05, 0.1) is 13.2 Å². The number of aliphatic hydroxyl groups excluding tert-OH is 1. The van der Waals surface area contributed by atoms with Gasteiger partial charge in [-0.05, 0) is 23.6 Å². The number of nitrogens with one attached hydrogen (secondary N) is 1. The van der Waals surface area contributed by atoms with Crippen molar-refractivity contribution in [2.75, 3.05) is 7.11 Å². The van der Waals surface area contributed by atoms with E-state index in [1.807, 2.05) is 0 Å². The van der Waals surface area contributed by atoms with E-state index >= 15 is 0 Å². The number of rotatable bonds is 6. The molecule has 1 aromatic carbocycles. The molecule has 0 aliphatic rings. The van der Waals surface area contributed by atoms with E-state index in [9.17, 15) is 23.1 Å². The van der Waals surface area contributed by atoms with Gasteiger partial charge in [-0.3, -0.25) is 4.79 Å². The Bertz CT molecular complexity index is 524. The minimum Gasteiger partial charge on any atom is -0.497 e. The monoisotopic (exact) mass is 370 g/mol. The van der Waals surface area contributed by atoms with Crippen molar-refractivity contribution in [3.8, 4) is 5.75 Å². The highest BCUT2D eigenvalue weighted by atomic mass is 35.5. The van der Waals surface area contributed by atoms with E-state index in [1.54, 1.807) is 24.3 Å². The van der Waals surface area contributed by atoms with Crippen LogP contribution in [-0.2, 0) is 4.79 Å². The zero-order chi connectivity index (χ0) is 17.8. The second-order valence-corrected chi connectivity index (χ2v) is 5.52. The SMILES string of the molecule is COc1ccc(C(N)C(=O)N[C@@H](C(C)C)[C@H](O)C(F)(F)F)cc1.Cl. The molecule has 1 aromatic rings. The van der Waals surface area contributed by atoms with Crippen molar-refractivity contribution in [3.63, 3.8) is 0 Å². The summed E-state index contributed by atoms with van der Waals surface area (Å²) >= 11 is 0. The number of alkyl halides is 3. The summed E-state index contributed by atoms with van der Waals surface area (Å²) in [4.78, 5) is 12.1. The van der Waals surface area contributed by atoms with Crippen LogP contribution in [-0.4, -0.2) is 36.4 Å². The van der Waals surface area contributed by atoms with Crippen LogP contribution in [0.4, 0.5) is 13.2 Å². The molecule has 1 amide bonds. The maximum absolute atomic E-state index is 12.7.